The molecular weight excluding hydrogens is 280 g/mol. The van der Waals surface area contributed by atoms with Crippen molar-refractivity contribution in [2.75, 3.05) is 13.7 Å². The highest BCUT2D eigenvalue weighted by Gasteiger charge is 2.14. The Morgan fingerprint density at radius 2 is 2.09 bits per heavy atom. The first-order chi connectivity index (χ1) is 10.6. The smallest absolute Gasteiger partial charge is 0.317 e. The van der Waals surface area contributed by atoms with E-state index < -0.39 is 0 Å². The zero-order chi connectivity index (χ0) is 15.9. The third-order valence-electron chi connectivity index (χ3n) is 3.56. The van der Waals surface area contributed by atoms with E-state index in [1.807, 2.05) is 41.2 Å². The molecule has 1 aromatic heterocycles. The molecule has 2 N–H and O–H groups in total. The van der Waals surface area contributed by atoms with Crippen molar-refractivity contribution < 1.29 is 9.90 Å². The Labute approximate surface area is 130 Å². The molecule has 0 saturated carbocycles. The average molecular weight is 302 g/mol. The normalized spacial score (nSPS) is 12.0. The van der Waals surface area contributed by atoms with Crippen molar-refractivity contribution in [1.82, 2.24) is 20.0 Å². The minimum absolute atomic E-state index is 0.0566. The van der Waals surface area contributed by atoms with Crippen molar-refractivity contribution in [3.8, 4) is 0 Å². The molecule has 0 spiro atoms. The van der Waals surface area contributed by atoms with Crippen LogP contribution in [0.5, 0.6) is 0 Å². The van der Waals surface area contributed by atoms with Crippen LogP contribution < -0.4 is 5.32 Å². The summed E-state index contributed by atoms with van der Waals surface area (Å²) in [6.45, 7) is 2.85. The number of carbonyl (C=O) groups is 1. The number of aliphatic hydroxyl groups excluding tert-OH is 1. The largest absolute Gasteiger partial charge is 0.394 e. The van der Waals surface area contributed by atoms with Crippen molar-refractivity contribution in [3.05, 3.63) is 53.9 Å². The molecule has 1 aromatic carbocycles. The number of hydrogen-bond donors (Lipinski definition) is 2. The van der Waals surface area contributed by atoms with Crippen molar-refractivity contribution >= 4 is 6.03 Å². The molecule has 118 valence electrons. The number of rotatable bonds is 6. The minimum atomic E-state index is -0.211. The van der Waals surface area contributed by atoms with Gasteiger partial charge < -0.3 is 15.3 Å². The lowest BCUT2D eigenvalue weighted by atomic mass is 10.2. The second-order valence-electron chi connectivity index (χ2n) is 5.33. The molecule has 1 heterocycles. The Kier molecular flexibility index (Phi) is 5.55. The SMILES string of the molecule is CC(CO)N(C)C(=O)NCc1cnn(Cc2ccccc2)c1. The topological polar surface area (TPSA) is 70.4 Å². The monoisotopic (exact) mass is 302 g/mol. The van der Waals surface area contributed by atoms with Gasteiger partial charge in [0.05, 0.1) is 25.4 Å². The molecule has 0 fully saturated rings. The van der Waals surface area contributed by atoms with Gasteiger partial charge in [-0.1, -0.05) is 30.3 Å². The number of aliphatic hydroxyl groups is 1. The molecule has 2 rings (SSSR count). The van der Waals surface area contributed by atoms with E-state index in [1.54, 1.807) is 20.2 Å². The molecule has 0 bridgehead atoms. The second-order valence-corrected chi connectivity index (χ2v) is 5.33. The van der Waals surface area contributed by atoms with Gasteiger partial charge in [0.2, 0.25) is 0 Å². The third kappa shape index (κ3) is 4.33. The molecular formula is C16H22N4O2. The Bertz CT molecular complexity index is 597. The van der Waals surface area contributed by atoms with Crippen molar-refractivity contribution in [1.29, 1.82) is 0 Å². The van der Waals surface area contributed by atoms with Gasteiger partial charge in [-0.05, 0) is 12.5 Å². The first kappa shape index (κ1) is 16.0. The van der Waals surface area contributed by atoms with Crippen LogP contribution in [-0.4, -0.2) is 45.5 Å². The molecule has 2 aromatic rings. The summed E-state index contributed by atoms with van der Waals surface area (Å²) in [5, 5.41) is 16.2. The first-order valence-electron chi connectivity index (χ1n) is 7.27. The van der Waals surface area contributed by atoms with Crippen LogP contribution >= 0.6 is 0 Å². The molecule has 2 amide bonds. The van der Waals surface area contributed by atoms with E-state index >= 15 is 0 Å². The lowest BCUT2D eigenvalue weighted by Crippen LogP contribution is -2.43. The quantitative estimate of drug-likeness (QED) is 0.848. The number of urea groups is 1. The molecule has 1 atom stereocenters. The lowest BCUT2D eigenvalue weighted by Gasteiger charge is -2.23. The number of hydrogen-bond acceptors (Lipinski definition) is 3. The summed E-state index contributed by atoms with van der Waals surface area (Å²) < 4.78 is 1.84. The molecule has 0 aliphatic heterocycles. The van der Waals surface area contributed by atoms with E-state index in [2.05, 4.69) is 10.4 Å². The Morgan fingerprint density at radius 1 is 1.36 bits per heavy atom. The zero-order valence-corrected chi connectivity index (χ0v) is 12.9. The molecule has 6 nitrogen and oxygen atoms in total. The summed E-state index contributed by atoms with van der Waals surface area (Å²) in [7, 11) is 1.66. The van der Waals surface area contributed by atoms with Crippen LogP contribution in [0.15, 0.2) is 42.7 Å². The first-order valence-corrected chi connectivity index (χ1v) is 7.27. The van der Waals surface area contributed by atoms with E-state index in [0.29, 0.717) is 13.1 Å². The second kappa shape index (κ2) is 7.61. The van der Waals surface area contributed by atoms with Gasteiger partial charge in [-0.15, -0.1) is 0 Å². The van der Waals surface area contributed by atoms with Crippen LogP contribution in [0.1, 0.15) is 18.1 Å². The fourth-order valence-electron chi connectivity index (χ4n) is 1.98. The van der Waals surface area contributed by atoms with Crippen LogP contribution in [0.2, 0.25) is 0 Å². The lowest BCUT2D eigenvalue weighted by molar-refractivity contribution is 0.157. The van der Waals surface area contributed by atoms with E-state index in [0.717, 1.165) is 5.56 Å². The Balaban J connectivity index is 1.86. The van der Waals surface area contributed by atoms with Gasteiger partial charge >= 0.3 is 6.03 Å². The average Bonchev–Trinajstić information content (AvgIpc) is 2.99. The molecule has 22 heavy (non-hydrogen) atoms. The van der Waals surface area contributed by atoms with Gasteiger partial charge in [-0.2, -0.15) is 5.10 Å². The Morgan fingerprint density at radius 3 is 2.77 bits per heavy atom. The van der Waals surface area contributed by atoms with Gasteiger partial charge in [0.25, 0.3) is 0 Å². The predicted molar refractivity (Wildman–Crippen MR) is 84.3 cm³/mol. The number of nitrogens with one attached hydrogen (secondary N) is 1. The van der Waals surface area contributed by atoms with Gasteiger partial charge in [-0.25, -0.2) is 4.79 Å². The number of carbonyl (C=O) groups excluding carboxylic acids is 1. The van der Waals surface area contributed by atoms with E-state index in [4.69, 9.17) is 5.11 Å². The number of amides is 2. The van der Waals surface area contributed by atoms with Crippen LogP contribution in [0.25, 0.3) is 0 Å². The number of aromatic nitrogens is 2. The molecule has 1 unspecified atom stereocenters. The molecule has 0 radical (unpaired) electrons. The van der Waals surface area contributed by atoms with Crippen molar-refractivity contribution in [3.63, 3.8) is 0 Å². The minimum Gasteiger partial charge on any atom is -0.394 e. The maximum atomic E-state index is 11.9. The summed E-state index contributed by atoms with van der Waals surface area (Å²) in [6.07, 6.45) is 3.67. The van der Waals surface area contributed by atoms with Crippen molar-refractivity contribution in [2.24, 2.45) is 0 Å². The Hall–Kier alpha value is -2.34. The summed E-state index contributed by atoms with van der Waals surface area (Å²) in [4.78, 5) is 13.4. The summed E-state index contributed by atoms with van der Waals surface area (Å²) in [6, 6.07) is 9.66. The molecule has 0 saturated heterocycles. The maximum Gasteiger partial charge on any atom is 0.317 e. The number of nitrogens with zero attached hydrogens (tertiary/aromatic N) is 3. The number of likely N-dealkylation sites (N-methyl/N-ethyl adjacent to an activating group) is 1. The molecule has 6 heteroatoms. The van der Waals surface area contributed by atoms with E-state index in [1.165, 1.54) is 10.5 Å². The van der Waals surface area contributed by atoms with Crippen LogP contribution in [0.3, 0.4) is 0 Å². The maximum absolute atomic E-state index is 11.9. The van der Waals surface area contributed by atoms with Crippen LogP contribution in [0, 0.1) is 0 Å². The molecule has 0 aliphatic carbocycles. The van der Waals surface area contributed by atoms with Gasteiger partial charge in [-0.3, -0.25) is 4.68 Å². The van der Waals surface area contributed by atoms with E-state index in [-0.39, 0.29) is 18.7 Å². The highest BCUT2D eigenvalue weighted by Crippen LogP contribution is 2.04. The van der Waals surface area contributed by atoms with Gasteiger partial charge in [0.1, 0.15) is 0 Å². The fraction of sp³-hybridized carbons (Fsp3) is 0.375. The third-order valence-corrected chi connectivity index (χ3v) is 3.56. The van der Waals surface area contributed by atoms with Gasteiger partial charge in [0.15, 0.2) is 0 Å². The van der Waals surface area contributed by atoms with Crippen molar-refractivity contribution in [2.45, 2.75) is 26.1 Å². The summed E-state index contributed by atoms with van der Waals surface area (Å²) in [5.41, 5.74) is 2.12. The molecule has 0 aliphatic rings. The standard InChI is InChI=1S/C16H22N4O2/c1-13(12-21)19(2)16(22)17-8-15-9-18-20(11-15)10-14-6-4-3-5-7-14/h3-7,9,11,13,21H,8,10,12H2,1-2H3,(H,17,22). The van der Waals surface area contributed by atoms with Crippen LogP contribution in [0.4, 0.5) is 4.79 Å². The fourth-order valence-corrected chi connectivity index (χ4v) is 1.98. The zero-order valence-electron chi connectivity index (χ0n) is 12.9. The summed E-state index contributed by atoms with van der Waals surface area (Å²) in [5.74, 6) is 0. The predicted octanol–water partition coefficient (Wildman–Crippen LogP) is 1.45. The summed E-state index contributed by atoms with van der Waals surface area (Å²) >= 11 is 0. The number of benzene rings is 1. The van der Waals surface area contributed by atoms with Crippen LogP contribution in [-0.2, 0) is 13.1 Å². The van der Waals surface area contributed by atoms with Gasteiger partial charge in [0, 0.05) is 25.4 Å². The van der Waals surface area contributed by atoms with E-state index in [9.17, 15) is 4.79 Å². The highest BCUT2D eigenvalue weighted by atomic mass is 16.3. The highest BCUT2D eigenvalue weighted by molar-refractivity contribution is 5.74.